The van der Waals surface area contributed by atoms with Crippen molar-refractivity contribution in [3.8, 4) is 0 Å². The van der Waals surface area contributed by atoms with Crippen LogP contribution in [0.5, 0.6) is 0 Å². The van der Waals surface area contributed by atoms with E-state index in [0.717, 1.165) is 6.54 Å². The number of anilines is 1. The van der Waals surface area contributed by atoms with E-state index in [0.29, 0.717) is 19.0 Å². The van der Waals surface area contributed by atoms with Gasteiger partial charge in [0.25, 0.3) is 0 Å². The third-order valence-corrected chi connectivity index (χ3v) is 2.57. The zero-order chi connectivity index (χ0) is 11.4. The predicted molar refractivity (Wildman–Crippen MR) is 56.9 cm³/mol. The normalized spacial score (nSPS) is 24.6. The summed E-state index contributed by atoms with van der Waals surface area (Å²) < 4.78 is 9.94. The number of ether oxygens (including phenoxy) is 1. The summed E-state index contributed by atoms with van der Waals surface area (Å²) >= 11 is 0. The van der Waals surface area contributed by atoms with Crippen LogP contribution in [-0.2, 0) is 9.53 Å². The van der Waals surface area contributed by atoms with Crippen molar-refractivity contribution < 1.29 is 14.1 Å². The number of aromatic nitrogens is 1. The first kappa shape index (κ1) is 11.1. The molecule has 1 aromatic heterocycles. The fraction of sp³-hybridized carbons (Fsp3) is 0.600. The highest BCUT2D eigenvalue weighted by Crippen LogP contribution is 2.16. The monoisotopic (exact) mass is 225 g/mol. The highest BCUT2D eigenvalue weighted by Gasteiger charge is 2.33. The molecule has 88 valence electrons. The molecule has 2 N–H and O–H groups in total. The number of hydrogen-bond acceptors (Lipinski definition) is 5. The van der Waals surface area contributed by atoms with Gasteiger partial charge in [-0.15, -0.1) is 0 Å². The van der Waals surface area contributed by atoms with Gasteiger partial charge in [-0.2, -0.15) is 0 Å². The highest BCUT2D eigenvalue weighted by molar-refractivity contribution is 5.92. The standard InChI is InChI=1S/C10H15N3O3/c1-2-11-8-6-15-5-7(8)10(14)12-9-3-4-16-13-9/h3-4,7-8,11H,2,5-6H2,1H3,(H,12,13,14). The molecule has 1 aromatic rings. The van der Waals surface area contributed by atoms with Crippen molar-refractivity contribution in [1.29, 1.82) is 0 Å². The molecule has 16 heavy (non-hydrogen) atoms. The van der Waals surface area contributed by atoms with Gasteiger partial charge in [-0.05, 0) is 6.54 Å². The summed E-state index contributed by atoms with van der Waals surface area (Å²) in [5.74, 6) is 0.182. The van der Waals surface area contributed by atoms with Gasteiger partial charge in [0, 0.05) is 12.1 Å². The quantitative estimate of drug-likeness (QED) is 0.767. The molecular formula is C10H15N3O3. The van der Waals surface area contributed by atoms with E-state index >= 15 is 0 Å². The van der Waals surface area contributed by atoms with E-state index in [-0.39, 0.29) is 17.9 Å². The molecule has 6 nitrogen and oxygen atoms in total. The van der Waals surface area contributed by atoms with Crippen LogP contribution in [-0.4, -0.2) is 36.9 Å². The summed E-state index contributed by atoms with van der Waals surface area (Å²) in [6.45, 7) is 3.85. The molecular weight excluding hydrogens is 210 g/mol. The molecule has 0 saturated carbocycles. The smallest absolute Gasteiger partial charge is 0.232 e. The summed E-state index contributed by atoms with van der Waals surface area (Å²) in [6, 6.07) is 1.69. The summed E-state index contributed by atoms with van der Waals surface area (Å²) in [4.78, 5) is 11.9. The van der Waals surface area contributed by atoms with Crippen molar-refractivity contribution in [2.45, 2.75) is 13.0 Å². The van der Waals surface area contributed by atoms with E-state index in [4.69, 9.17) is 4.74 Å². The van der Waals surface area contributed by atoms with Gasteiger partial charge in [-0.1, -0.05) is 12.1 Å². The maximum atomic E-state index is 11.9. The lowest BCUT2D eigenvalue weighted by Crippen LogP contribution is -2.41. The van der Waals surface area contributed by atoms with Crippen molar-refractivity contribution >= 4 is 11.7 Å². The largest absolute Gasteiger partial charge is 0.379 e. The molecule has 1 amide bonds. The molecule has 2 heterocycles. The fourth-order valence-electron chi connectivity index (χ4n) is 1.77. The molecule has 1 aliphatic heterocycles. The van der Waals surface area contributed by atoms with Gasteiger partial charge in [0.2, 0.25) is 5.91 Å². The predicted octanol–water partition coefficient (Wildman–Crippen LogP) is 0.238. The number of carbonyl (C=O) groups is 1. The third kappa shape index (κ3) is 2.40. The fourth-order valence-corrected chi connectivity index (χ4v) is 1.77. The van der Waals surface area contributed by atoms with E-state index in [1.807, 2.05) is 6.92 Å². The van der Waals surface area contributed by atoms with E-state index in [1.165, 1.54) is 6.26 Å². The minimum atomic E-state index is -0.170. The average Bonchev–Trinajstić information content (AvgIpc) is 2.89. The molecule has 0 radical (unpaired) electrons. The number of nitrogens with zero attached hydrogens (tertiary/aromatic N) is 1. The van der Waals surface area contributed by atoms with Gasteiger partial charge in [0.15, 0.2) is 5.82 Å². The Balaban J connectivity index is 1.93. The van der Waals surface area contributed by atoms with Crippen molar-refractivity contribution in [2.75, 3.05) is 25.1 Å². The second-order valence-electron chi connectivity index (χ2n) is 3.68. The molecule has 1 aliphatic rings. The molecule has 1 fully saturated rings. The van der Waals surface area contributed by atoms with Crippen molar-refractivity contribution in [1.82, 2.24) is 10.5 Å². The SMILES string of the molecule is CCNC1COCC1C(=O)Nc1ccon1. The Bertz CT molecular complexity index is 339. The van der Waals surface area contributed by atoms with Crippen LogP contribution in [0.15, 0.2) is 16.9 Å². The summed E-state index contributed by atoms with van der Waals surface area (Å²) in [7, 11) is 0. The van der Waals surface area contributed by atoms with E-state index in [1.54, 1.807) is 6.07 Å². The lowest BCUT2D eigenvalue weighted by Gasteiger charge is -2.16. The van der Waals surface area contributed by atoms with Gasteiger partial charge in [0.1, 0.15) is 6.26 Å². The minimum absolute atomic E-state index is 0.0805. The van der Waals surface area contributed by atoms with Crippen LogP contribution in [0.2, 0.25) is 0 Å². The van der Waals surface area contributed by atoms with Gasteiger partial charge >= 0.3 is 0 Å². The van der Waals surface area contributed by atoms with Crippen LogP contribution in [0, 0.1) is 5.92 Å². The Kier molecular flexibility index (Phi) is 3.53. The van der Waals surface area contributed by atoms with E-state index in [2.05, 4.69) is 20.3 Å². The minimum Gasteiger partial charge on any atom is -0.379 e. The van der Waals surface area contributed by atoms with Gasteiger partial charge in [-0.25, -0.2) is 0 Å². The Morgan fingerprint density at radius 3 is 3.19 bits per heavy atom. The van der Waals surface area contributed by atoms with Crippen molar-refractivity contribution in [2.24, 2.45) is 5.92 Å². The molecule has 6 heteroatoms. The van der Waals surface area contributed by atoms with Crippen molar-refractivity contribution in [3.05, 3.63) is 12.3 Å². The first-order valence-electron chi connectivity index (χ1n) is 5.33. The molecule has 0 aliphatic carbocycles. The zero-order valence-electron chi connectivity index (χ0n) is 9.10. The number of carbonyl (C=O) groups excluding carboxylic acids is 1. The Hall–Kier alpha value is -1.40. The summed E-state index contributed by atoms with van der Waals surface area (Å²) in [5.41, 5.74) is 0. The first-order chi connectivity index (χ1) is 7.81. The lowest BCUT2D eigenvalue weighted by molar-refractivity contribution is -0.120. The molecule has 0 spiro atoms. The molecule has 2 unspecified atom stereocenters. The highest BCUT2D eigenvalue weighted by atomic mass is 16.5. The van der Waals surface area contributed by atoms with E-state index in [9.17, 15) is 4.79 Å². The number of amides is 1. The van der Waals surface area contributed by atoms with Crippen LogP contribution in [0.4, 0.5) is 5.82 Å². The molecule has 0 aromatic carbocycles. The van der Waals surface area contributed by atoms with Gasteiger partial charge < -0.3 is 19.9 Å². The molecule has 2 atom stereocenters. The van der Waals surface area contributed by atoms with E-state index < -0.39 is 0 Å². The number of likely N-dealkylation sites (N-methyl/N-ethyl adjacent to an activating group) is 1. The summed E-state index contributed by atoms with van der Waals surface area (Å²) in [6.07, 6.45) is 1.42. The number of hydrogen-bond donors (Lipinski definition) is 2. The lowest BCUT2D eigenvalue weighted by atomic mass is 10.0. The number of rotatable bonds is 4. The van der Waals surface area contributed by atoms with Gasteiger partial charge in [0.05, 0.1) is 19.1 Å². The van der Waals surface area contributed by atoms with Crippen molar-refractivity contribution in [3.63, 3.8) is 0 Å². The van der Waals surface area contributed by atoms with Crippen LogP contribution in [0.25, 0.3) is 0 Å². The first-order valence-corrected chi connectivity index (χ1v) is 5.33. The average molecular weight is 225 g/mol. The molecule has 1 saturated heterocycles. The molecule has 0 bridgehead atoms. The number of nitrogens with one attached hydrogen (secondary N) is 2. The van der Waals surface area contributed by atoms with Crippen LogP contribution < -0.4 is 10.6 Å². The maximum Gasteiger partial charge on any atom is 0.232 e. The topological polar surface area (TPSA) is 76.4 Å². The Morgan fingerprint density at radius 1 is 1.62 bits per heavy atom. The summed E-state index contributed by atoms with van der Waals surface area (Å²) in [5, 5.41) is 9.54. The third-order valence-electron chi connectivity index (χ3n) is 2.57. The van der Waals surface area contributed by atoms with Gasteiger partial charge in [-0.3, -0.25) is 4.79 Å². The second-order valence-corrected chi connectivity index (χ2v) is 3.68. The maximum absolute atomic E-state index is 11.9. The Morgan fingerprint density at radius 2 is 2.50 bits per heavy atom. The Labute approximate surface area is 93.3 Å². The van der Waals surface area contributed by atoms with Crippen LogP contribution in [0.3, 0.4) is 0 Å². The van der Waals surface area contributed by atoms with Crippen LogP contribution in [0.1, 0.15) is 6.92 Å². The van der Waals surface area contributed by atoms with Crippen LogP contribution >= 0.6 is 0 Å². The molecule has 2 rings (SSSR count). The zero-order valence-corrected chi connectivity index (χ0v) is 9.10. The second kappa shape index (κ2) is 5.09.